The Morgan fingerprint density at radius 2 is 1.66 bits per heavy atom. The third-order valence-electron chi connectivity index (χ3n) is 7.21. The third-order valence-corrected chi connectivity index (χ3v) is 9.49. The van der Waals surface area contributed by atoms with Gasteiger partial charge in [0, 0.05) is 32.7 Å². The van der Waals surface area contributed by atoms with Crippen LogP contribution in [0.25, 0.3) is 0 Å². The van der Waals surface area contributed by atoms with Crippen molar-refractivity contribution in [3.63, 3.8) is 0 Å². The molecule has 8 nitrogen and oxygen atoms in total. The maximum Gasteiger partial charge on any atom is 0.417 e. The first-order valence-corrected chi connectivity index (χ1v) is 14.7. The lowest BCUT2D eigenvalue weighted by Gasteiger charge is -2.33. The maximum atomic E-state index is 13.5. The van der Waals surface area contributed by atoms with Crippen LogP contribution in [0.1, 0.15) is 57.6 Å². The first-order chi connectivity index (χ1) is 17.7. The number of carbonyl (C=O) groups is 1. The molecule has 210 valence electrons. The minimum atomic E-state index is -4.73. The second-order valence-corrected chi connectivity index (χ2v) is 12.7. The van der Waals surface area contributed by atoms with Crippen LogP contribution in [0.5, 0.6) is 0 Å². The van der Waals surface area contributed by atoms with E-state index in [9.17, 15) is 26.4 Å². The number of unbranched alkanes of at least 4 members (excludes halogenated alkanes) is 3. The number of nitrogens with zero attached hydrogens (tertiary/aromatic N) is 5. The summed E-state index contributed by atoms with van der Waals surface area (Å²) in [6.45, 7) is 8.92. The lowest BCUT2D eigenvalue weighted by molar-refractivity contribution is -0.137. The predicted octanol–water partition coefficient (Wildman–Crippen LogP) is 3.82. The minimum absolute atomic E-state index is 0.00580. The van der Waals surface area contributed by atoms with Crippen LogP contribution in [-0.4, -0.2) is 84.1 Å². The molecule has 1 amide bonds. The van der Waals surface area contributed by atoms with Gasteiger partial charge in [0.2, 0.25) is 10.0 Å². The quantitative estimate of drug-likeness (QED) is 0.311. The third kappa shape index (κ3) is 6.47. The molecule has 2 heterocycles. The molecule has 2 fully saturated rings. The van der Waals surface area contributed by atoms with Crippen LogP contribution < -0.4 is 4.90 Å². The van der Waals surface area contributed by atoms with Gasteiger partial charge in [-0.05, 0) is 70.6 Å². The van der Waals surface area contributed by atoms with Crippen molar-refractivity contribution < 1.29 is 26.4 Å². The molecule has 0 bridgehead atoms. The number of rotatable bonds is 10. The Morgan fingerprint density at radius 1 is 1.05 bits per heavy atom. The Labute approximate surface area is 228 Å². The van der Waals surface area contributed by atoms with Crippen LogP contribution in [-0.2, 0) is 21.0 Å². The monoisotopic (exact) mass is 573 g/mol. The topological polar surface area (TPSA) is 88.0 Å². The summed E-state index contributed by atoms with van der Waals surface area (Å²) in [6, 6.07) is 4.73. The summed E-state index contributed by atoms with van der Waals surface area (Å²) < 4.78 is 65.9. The number of piperazine rings is 1. The SMILES string of the molecule is CCS(=O)(=O)N1CCN(CCCCCCN2C(=S)N(c3ccc(C#N)c(C(F)(F)F)c3)C(=O)C2(C)C)CC1. The van der Waals surface area contributed by atoms with E-state index in [0.29, 0.717) is 19.6 Å². The predicted molar refractivity (Wildman–Crippen MR) is 143 cm³/mol. The number of sulfonamides is 1. The summed E-state index contributed by atoms with van der Waals surface area (Å²) in [7, 11) is -3.14. The van der Waals surface area contributed by atoms with Gasteiger partial charge in [-0.3, -0.25) is 9.69 Å². The Balaban J connectivity index is 1.52. The van der Waals surface area contributed by atoms with Crippen LogP contribution >= 0.6 is 12.2 Å². The number of hydrogen-bond donors (Lipinski definition) is 0. The number of hydrogen-bond acceptors (Lipinski definition) is 6. The summed E-state index contributed by atoms with van der Waals surface area (Å²) in [5, 5.41) is 9.21. The highest BCUT2D eigenvalue weighted by molar-refractivity contribution is 7.89. The Kier molecular flexibility index (Phi) is 9.45. The number of nitriles is 1. The number of amides is 1. The van der Waals surface area contributed by atoms with E-state index in [-0.39, 0.29) is 16.6 Å². The van der Waals surface area contributed by atoms with Crippen molar-refractivity contribution in [1.29, 1.82) is 5.26 Å². The molecule has 0 aliphatic carbocycles. The van der Waals surface area contributed by atoms with Gasteiger partial charge < -0.3 is 9.80 Å². The highest BCUT2D eigenvalue weighted by atomic mass is 32.2. The summed E-state index contributed by atoms with van der Waals surface area (Å²) in [6.07, 6.45) is -1.17. The highest BCUT2D eigenvalue weighted by Crippen LogP contribution is 2.38. The van der Waals surface area contributed by atoms with E-state index in [1.54, 1.807) is 36.0 Å². The van der Waals surface area contributed by atoms with Crippen molar-refractivity contribution in [1.82, 2.24) is 14.1 Å². The average Bonchev–Trinajstić information content (AvgIpc) is 3.04. The first kappa shape index (κ1) is 30.3. The fourth-order valence-electron chi connectivity index (χ4n) is 4.81. The maximum absolute atomic E-state index is 13.5. The number of carbonyl (C=O) groups excluding carboxylic acids is 1. The van der Waals surface area contributed by atoms with Gasteiger partial charge in [-0.25, -0.2) is 8.42 Å². The fraction of sp³-hybridized carbons (Fsp3) is 0.640. The van der Waals surface area contributed by atoms with E-state index >= 15 is 0 Å². The van der Waals surface area contributed by atoms with Gasteiger partial charge in [0.1, 0.15) is 5.54 Å². The van der Waals surface area contributed by atoms with Crippen LogP contribution in [0.15, 0.2) is 18.2 Å². The molecule has 1 aromatic rings. The zero-order valence-corrected chi connectivity index (χ0v) is 23.6. The lowest BCUT2D eigenvalue weighted by Crippen LogP contribution is -2.49. The van der Waals surface area contributed by atoms with Gasteiger partial charge in [-0.1, -0.05) is 12.8 Å². The van der Waals surface area contributed by atoms with Crippen molar-refractivity contribution in [2.75, 3.05) is 49.9 Å². The molecule has 0 spiro atoms. The molecule has 0 atom stereocenters. The molecule has 0 radical (unpaired) electrons. The summed E-state index contributed by atoms with van der Waals surface area (Å²) >= 11 is 5.53. The van der Waals surface area contributed by atoms with Gasteiger partial charge in [-0.15, -0.1) is 0 Å². The van der Waals surface area contributed by atoms with Crippen molar-refractivity contribution in [2.24, 2.45) is 0 Å². The number of thiocarbonyl (C=S) groups is 1. The molecule has 0 N–H and O–H groups in total. The summed E-state index contributed by atoms with van der Waals surface area (Å²) in [5.41, 5.74) is -2.63. The molecule has 3 rings (SSSR count). The van der Waals surface area contributed by atoms with E-state index < -0.39 is 38.8 Å². The highest BCUT2D eigenvalue weighted by Gasteiger charge is 2.49. The van der Waals surface area contributed by atoms with E-state index in [1.165, 1.54) is 6.07 Å². The number of halogens is 3. The molecule has 0 aromatic heterocycles. The molecule has 2 saturated heterocycles. The van der Waals surface area contributed by atoms with Crippen molar-refractivity contribution in [3.8, 4) is 6.07 Å². The smallest absolute Gasteiger partial charge is 0.334 e. The molecule has 2 aliphatic heterocycles. The number of anilines is 1. The molecular formula is C25H34F3N5O3S2. The molecule has 38 heavy (non-hydrogen) atoms. The normalized spacial score (nSPS) is 19.3. The number of benzene rings is 1. The second kappa shape index (κ2) is 11.9. The minimum Gasteiger partial charge on any atom is -0.334 e. The van der Waals surface area contributed by atoms with Crippen LogP contribution in [0.4, 0.5) is 18.9 Å². The van der Waals surface area contributed by atoms with Gasteiger partial charge in [0.05, 0.1) is 28.6 Å². The van der Waals surface area contributed by atoms with Crippen LogP contribution in [0, 0.1) is 11.3 Å². The van der Waals surface area contributed by atoms with Crippen molar-refractivity contribution in [3.05, 3.63) is 29.3 Å². The summed E-state index contributed by atoms with van der Waals surface area (Å²) in [4.78, 5) is 18.3. The van der Waals surface area contributed by atoms with Crippen LogP contribution in [0.2, 0.25) is 0 Å². The fourth-order valence-corrected chi connectivity index (χ4v) is 6.41. The number of alkyl halides is 3. The van der Waals surface area contributed by atoms with Gasteiger partial charge in [-0.2, -0.15) is 22.7 Å². The second-order valence-electron chi connectivity index (χ2n) is 10.0. The molecule has 13 heteroatoms. The van der Waals surface area contributed by atoms with E-state index in [1.807, 2.05) is 0 Å². The Bertz CT molecular complexity index is 1190. The standard InChI is InChI=1S/C25H34F3N5O3S2/c1-4-38(35,36)31-15-13-30(14-16-31)11-7-5-6-8-12-32-23(37)33(22(34)24(32,2)3)20-10-9-19(18-29)21(17-20)25(26,27)28/h9-10,17H,4-8,11-16H2,1-3H3. The van der Waals surface area contributed by atoms with Gasteiger partial charge in [0.15, 0.2) is 5.11 Å². The molecular weight excluding hydrogens is 539 g/mol. The molecule has 1 aromatic carbocycles. The van der Waals surface area contributed by atoms with E-state index in [4.69, 9.17) is 17.5 Å². The zero-order chi connectivity index (χ0) is 28.3. The van der Waals surface area contributed by atoms with Gasteiger partial charge in [0.25, 0.3) is 5.91 Å². The van der Waals surface area contributed by atoms with Crippen molar-refractivity contribution >= 4 is 38.9 Å². The Hall–Kier alpha value is -2.27. The van der Waals surface area contributed by atoms with Crippen LogP contribution in [0.3, 0.4) is 0 Å². The van der Waals surface area contributed by atoms with E-state index in [0.717, 1.165) is 62.4 Å². The summed E-state index contributed by atoms with van der Waals surface area (Å²) in [5.74, 6) is -0.292. The first-order valence-electron chi connectivity index (χ1n) is 12.7. The van der Waals surface area contributed by atoms with Gasteiger partial charge >= 0.3 is 6.18 Å². The molecule has 0 saturated carbocycles. The average molecular weight is 574 g/mol. The van der Waals surface area contributed by atoms with Crippen molar-refractivity contribution in [2.45, 2.75) is 58.2 Å². The van der Waals surface area contributed by atoms with E-state index in [2.05, 4.69) is 4.90 Å². The Morgan fingerprint density at radius 3 is 2.21 bits per heavy atom. The molecule has 2 aliphatic rings. The lowest BCUT2D eigenvalue weighted by atomic mass is 10.0. The zero-order valence-electron chi connectivity index (χ0n) is 21.9. The largest absolute Gasteiger partial charge is 0.417 e. The molecule has 0 unspecified atom stereocenters.